The zero-order valence-electron chi connectivity index (χ0n) is 8.28. The number of fused-ring (bicyclic) bond motifs is 1. The van der Waals surface area contributed by atoms with Crippen LogP contribution < -0.4 is 0 Å². The van der Waals surface area contributed by atoms with Gasteiger partial charge in [-0.2, -0.15) is 0 Å². The molecule has 1 aromatic carbocycles. The molecule has 0 radical (unpaired) electrons. The predicted octanol–water partition coefficient (Wildman–Crippen LogP) is 3.89. The van der Waals surface area contributed by atoms with Crippen molar-refractivity contribution in [3.63, 3.8) is 0 Å². The van der Waals surface area contributed by atoms with Crippen molar-refractivity contribution in [1.29, 1.82) is 0 Å². The number of H-pyrrole nitrogens is 1. The minimum atomic E-state index is 0.516. The summed E-state index contributed by atoms with van der Waals surface area (Å²) >= 11 is 3.74. The van der Waals surface area contributed by atoms with E-state index in [0.29, 0.717) is 4.58 Å². The number of aromatic amines is 1. The molecule has 1 N–H and O–H groups in total. The molecule has 14 heavy (non-hydrogen) atoms. The Kier molecular flexibility index (Phi) is 3.08. The molecule has 1 aromatic heterocycles. The quantitative estimate of drug-likeness (QED) is 0.794. The van der Waals surface area contributed by atoms with Crippen molar-refractivity contribution < 1.29 is 0 Å². The van der Waals surface area contributed by atoms with E-state index in [1.54, 1.807) is 0 Å². The highest BCUT2D eigenvalue weighted by atomic mass is 32.2. The Morgan fingerprint density at radius 1 is 1.14 bits per heavy atom. The molecule has 0 fully saturated rings. The molecular formula is C11H13NS2. The van der Waals surface area contributed by atoms with E-state index in [1.165, 1.54) is 16.6 Å². The van der Waals surface area contributed by atoms with Gasteiger partial charge in [0.25, 0.3) is 0 Å². The molecule has 0 atom stereocenters. The maximum atomic E-state index is 3.46. The highest BCUT2D eigenvalue weighted by Gasteiger charge is 2.10. The van der Waals surface area contributed by atoms with Crippen molar-refractivity contribution in [3.8, 4) is 0 Å². The summed E-state index contributed by atoms with van der Waals surface area (Å²) in [6, 6.07) is 10.7. The number of rotatable bonds is 3. The van der Waals surface area contributed by atoms with Gasteiger partial charge in [0.15, 0.2) is 0 Å². The number of thioether (sulfide) groups is 2. The lowest BCUT2D eigenvalue weighted by Gasteiger charge is -2.07. The van der Waals surface area contributed by atoms with Gasteiger partial charge in [0, 0.05) is 11.2 Å². The number of hydrogen-bond acceptors (Lipinski definition) is 2. The van der Waals surface area contributed by atoms with Gasteiger partial charge >= 0.3 is 0 Å². The first-order chi connectivity index (χ1) is 6.85. The average molecular weight is 223 g/mol. The van der Waals surface area contributed by atoms with Crippen molar-refractivity contribution >= 4 is 34.4 Å². The second-order valence-corrected chi connectivity index (χ2v) is 5.30. The average Bonchev–Trinajstić information content (AvgIpc) is 2.63. The van der Waals surface area contributed by atoms with E-state index in [1.807, 2.05) is 23.5 Å². The first kappa shape index (κ1) is 9.99. The molecule has 2 rings (SSSR count). The van der Waals surface area contributed by atoms with Crippen LogP contribution in [-0.4, -0.2) is 17.5 Å². The number of para-hydroxylation sites is 1. The fraction of sp³-hybridized carbons (Fsp3) is 0.273. The summed E-state index contributed by atoms with van der Waals surface area (Å²) in [5, 5.41) is 1.30. The first-order valence-corrected chi connectivity index (χ1v) is 7.06. The maximum absolute atomic E-state index is 3.46. The zero-order chi connectivity index (χ0) is 9.97. The van der Waals surface area contributed by atoms with Crippen LogP contribution in [0.2, 0.25) is 0 Å². The molecule has 2 aromatic rings. The molecule has 0 aliphatic rings. The summed E-state index contributed by atoms with van der Waals surface area (Å²) in [5.41, 5.74) is 2.54. The summed E-state index contributed by atoms with van der Waals surface area (Å²) in [6.45, 7) is 0. The Labute approximate surface area is 92.7 Å². The molecular weight excluding hydrogens is 210 g/mol. The fourth-order valence-corrected chi connectivity index (χ4v) is 3.10. The third-order valence-corrected chi connectivity index (χ3v) is 4.75. The van der Waals surface area contributed by atoms with E-state index in [9.17, 15) is 0 Å². The Hall–Kier alpha value is -0.540. The topological polar surface area (TPSA) is 15.8 Å². The Morgan fingerprint density at radius 2 is 1.86 bits per heavy atom. The third-order valence-electron chi connectivity index (χ3n) is 2.23. The van der Waals surface area contributed by atoms with Gasteiger partial charge in [-0.05, 0) is 30.0 Å². The van der Waals surface area contributed by atoms with Gasteiger partial charge in [0.2, 0.25) is 0 Å². The fourth-order valence-electron chi connectivity index (χ4n) is 1.57. The largest absolute Gasteiger partial charge is 0.357 e. The molecule has 1 heterocycles. The van der Waals surface area contributed by atoms with Gasteiger partial charge in [-0.1, -0.05) is 18.2 Å². The minimum absolute atomic E-state index is 0.516. The van der Waals surface area contributed by atoms with Crippen LogP contribution in [0.25, 0.3) is 10.9 Å². The molecule has 0 bridgehead atoms. The highest BCUT2D eigenvalue weighted by molar-refractivity contribution is 8.15. The lowest BCUT2D eigenvalue weighted by atomic mass is 10.2. The van der Waals surface area contributed by atoms with E-state index in [2.05, 4.69) is 47.8 Å². The molecule has 0 amide bonds. The predicted molar refractivity (Wildman–Crippen MR) is 68.1 cm³/mol. The summed E-state index contributed by atoms with van der Waals surface area (Å²) in [4.78, 5) is 3.46. The van der Waals surface area contributed by atoms with Crippen molar-refractivity contribution in [2.45, 2.75) is 4.58 Å². The van der Waals surface area contributed by atoms with Crippen molar-refractivity contribution in [1.82, 2.24) is 4.98 Å². The lowest BCUT2D eigenvalue weighted by Crippen LogP contribution is -1.86. The van der Waals surface area contributed by atoms with Crippen molar-refractivity contribution in [2.24, 2.45) is 0 Å². The van der Waals surface area contributed by atoms with Crippen LogP contribution in [0.5, 0.6) is 0 Å². The van der Waals surface area contributed by atoms with Gasteiger partial charge in [0.1, 0.15) is 0 Å². The van der Waals surface area contributed by atoms with Gasteiger partial charge in [-0.3, -0.25) is 0 Å². The Morgan fingerprint density at radius 3 is 2.50 bits per heavy atom. The normalized spacial score (nSPS) is 11.4. The van der Waals surface area contributed by atoms with Crippen LogP contribution in [0, 0.1) is 0 Å². The molecule has 0 saturated heterocycles. The Balaban J connectivity index is 2.43. The van der Waals surface area contributed by atoms with Crippen molar-refractivity contribution in [2.75, 3.05) is 12.5 Å². The maximum Gasteiger partial charge on any atom is 0.0894 e. The van der Waals surface area contributed by atoms with E-state index in [0.717, 1.165) is 0 Å². The van der Waals surface area contributed by atoms with Crippen LogP contribution in [0.4, 0.5) is 0 Å². The van der Waals surface area contributed by atoms with Crippen LogP contribution in [0.3, 0.4) is 0 Å². The molecule has 74 valence electrons. The number of nitrogens with one attached hydrogen (secondary N) is 1. The van der Waals surface area contributed by atoms with E-state index in [4.69, 9.17) is 0 Å². The highest BCUT2D eigenvalue weighted by Crippen LogP contribution is 2.36. The summed E-state index contributed by atoms with van der Waals surface area (Å²) < 4.78 is 0.516. The van der Waals surface area contributed by atoms with Gasteiger partial charge in [-0.25, -0.2) is 0 Å². The number of hydrogen-bond donors (Lipinski definition) is 1. The van der Waals surface area contributed by atoms with Gasteiger partial charge < -0.3 is 4.98 Å². The van der Waals surface area contributed by atoms with Gasteiger partial charge in [-0.15, -0.1) is 23.5 Å². The summed E-state index contributed by atoms with van der Waals surface area (Å²) in [6.07, 6.45) is 4.29. The standard InChI is InChI=1S/C11H13NS2/c1-13-11(14-2)10-7-8-5-3-4-6-9(8)12-10/h3-7,11-12H,1-2H3. The molecule has 3 heteroatoms. The second kappa shape index (κ2) is 4.32. The van der Waals surface area contributed by atoms with Crippen LogP contribution in [0.15, 0.2) is 30.3 Å². The third kappa shape index (κ3) is 1.79. The minimum Gasteiger partial charge on any atom is -0.357 e. The number of aromatic nitrogens is 1. The molecule has 0 unspecified atom stereocenters. The number of benzene rings is 1. The van der Waals surface area contributed by atoms with E-state index < -0.39 is 0 Å². The summed E-state index contributed by atoms with van der Waals surface area (Å²) in [5.74, 6) is 0. The monoisotopic (exact) mass is 223 g/mol. The van der Waals surface area contributed by atoms with E-state index in [-0.39, 0.29) is 0 Å². The SMILES string of the molecule is CSC(SC)c1cc2ccccc2[nH]1. The molecule has 1 nitrogen and oxygen atoms in total. The lowest BCUT2D eigenvalue weighted by molar-refractivity contribution is 1.24. The Bertz CT molecular complexity index is 385. The second-order valence-electron chi connectivity index (χ2n) is 3.12. The molecule has 0 aliphatic carbocycles. The zero-order valence-corrected chi connectivity index (χ0v) is 9.91. The van der Waals surface area contributed by atoms with Crippen LogP contribution in [0.1, 0.15) is 10.3 Å². The van der Waals surface area contributed by atoms with Crippen molar-refractivity contribution in [3.05, 3.63) is 36.0 Å². The molecule has 0 saturated carbocycles. The van der Waals surface area contributed by atoms with Gasteiger partial charge in [0.05, 0.1) is 4.58 Å². The van der Waals surface area contributed by atoms with Crippen LogP contribution in [-0.2, 0) is 0 Å². The first-order valence-electron chi connectivity index (χ1n) is 4.48. The molecule has 0 spiro atoms. The smallest absolute Gasteiger partial charge is 0.0894 e. The summed E-state index contributed by atoms with van der Waals surface area (Å²) in [7, 11) is 0. The van der Waals surface area contributed by atoms with E-state index >= 15 is 0 Å². The molecule has 0 aliphatic heterocycles. The van der Waals surface area contributed by atoms with Crippen LogP contribution >= 0.6 is 23.5 Å².